The molecular formula is C15H18ClN3. The van der Waals surface area contributed by atoms with Gasteiger partial charge in [-0.1, -0.05) is 23.7 Å². The van der Waals surface area contributed by atoms with Crippen LogP contribution in [0.25, 0.3) is 0 Å². The molecule has 0 amide bonds. The van der Waals surface area contributed by atoms with Gasteiger partial charge in [-0.2, -0.15) is 0 Å². The van der Waals surface area contributed by atoms with E-state index in [1.54, 1.807) is 12.4 Å². The van der Waals surface area contributed by atoms with Crippen LogP contribution in [0.4, 0.5) is 0 Å². The van der Waals surface area contributed by atoms with Crippen LogP contribution in [0.1, 0.15) is 42.9 Å². The maximum atomic E-state index is 5.90. The summed E-state index contributed by atoms with van der Waals surface area (Å²) in [7, 11) is 0. The third-order valence-corrected chi connectivity index (χ3v) is 3.45. The van der Waals surface area contributed by atoms with Crippen LogP contribution in [-0.2, 0) is 0 Å². The smallest absolute Gasteiger partial charge is 0.0782 e. The van der Waals surface area contributed by atoms with Crippen molar-refractivity contribution in [2.45, 2.75) is 32.9 Å². The molecule has 1 unspecified atom stereocenters. The van der Waals surface area contributed by atoms with Crippen molar-refractivity contribution in [3.05, 3.63) is 58.6 Å². The van der Waals surface area contributed by atoms with Crippen molar-refractivity contribution in [1.82, 2.24) is 15.3 Å². The molecule has 0 saturated carbocycles. The first kappa shape index (κ1) is 14.0. The molecule has 0 saturated heterocycles. The summed E-state index contributed by atoms with van der Waals surface area (Å²) < 4.78 is 0. The van der Waals surface area contributed by atoms with Crippen molar-refractivity contribution in [3.8, 4) is 0 Å². The minimum Gasteiger partial charge on any atom is -0.302 e. The van der Waals surface area contributed by atoms with Gasteiger partial charge in [0.15, 0.2) is 0 Å². The van der Waals surface area contributed by atoms with Crippen molar-refractivity contribution in [2.24, 2.45) is 0 Å². The minimum atomic E-state index is 0.152. The Kier molecular flexibility index (Phi) is 4.51. The Morgan fingerprint density at radius 1 is 1.00 bits per heavy atom. The van der Waals surface area contributed by atoms with Crippen molar-refractivity contribution in [2.75, 3.05) is 0 Å². The third kappa shape index (κ3) is 3.52. The van der Waals surface area contributed by atoms with Crippen LogP contribution >= 0.6 is 11.6 Å². The Labute approximate surface area is 119 Å². The van der Waals surface area contributed by atoms with E-state index in [2.05, 4.69) is 29.1 Å². The second-order valence-corrected chi connectivity index (χ2v) is 5.13. The average Bonchev–Trinajstić information content (AvgIpc) is 2.39. The van der Waals surface area contributed by atoms with Crippen molar-refractivity contribution >= 4 is 11.6 Å². The van der Waals surface area contributed by atoms with E-state index < -0.39 is 0 Å². The van der Waals surface area contributed by atoms with Gasteiger partial charge < -0.3 is 5.32 Å². The number of nitrogens with zero attached hydrogens (tertiary/aromatic N) is 2. The lowest BCUT2D eigenvalue weighted by Crippen LogP contribution is -2.24. The molecule has 2 aromatic rings. The minimum absolute atomic E-state index is 0.152. The summed E-state index contributed by atoms with van der Waals surface area (Å²) in [6.07, 6.45) is 3.45. The summed E-state index contributed by atoms with van der Waals surface area (Å²) in [6, 6.07) is 8.28. The lowest BCUT2D eigenvalue weighted by Gasteiger charge is -2.20. The first-order valence-electron chi connectivity index (χ1n) is 6.37. The van der Waals surface area contributed by atoms with E-state index in [-0.39, 0.29) is 12.1 Å². The number of hydrogen-bond donors (Lipinski definition) is 1. The predicted molar refractivity (Wildman–Crippen MR) is 78.2 cm³/mol. The molecule has 1 N–H and O–H groups in total. The van der Waals surface area contributed by atoms with Gasteiger partial charge in [-0.05, 0) is 38.5 Å². The molecule has 2 atom stereocenters. The van der Waals surface area contributed by atoms with Crippen LogP contribution in [0.3, 0.4) is 0 Å². The number of aromatic nitrogens is 2. The monoisotopic (exact) mass is 275 g/mol. The second kappa shape index (κ2) is 6.13. The molecule has 100 valence electrons. The molecule has 0 aliphatic carbocycles. The Hall–Kier alpha value is -1.45. The highest BCUT2D eigenvalue weighted by molar-refractivity contribution is 6.30. The molecule has 4 heteroatoms. The summed E-state index contributed by atoms with van der Waals surface area (Å²) in [6.45, 7) is 6.21. The Bertz CT molecular complexity index is 539. The molecule has 1 aromatic heterocycles. The van der Waals surface area contributed by atoms with E-state index >= 15 is 0 Å². The Morgan fingerprint density at radius 3 is 2.26 bits per heavy atom. The van der Waals surface area contributed by atoms with Crippen LogP contribution in [0.15, 0.2) is 36.7 Å². The second-order valence-electron chi connectivity index (χ2n) is 4.69. The molecular weight excluding hydrogens is 258 g/mol. The van der Waals surface area contributed by atoms with Gasteiger partial charge in [0.2, 0.25) is 0 Å². The number of benzene rings is 1. The molecule has 0 radical (unpaired) electrons. The fourth-order valence-electron chi connectivity index (χ4n) is 2.15. The summed E-state index contributed by atoms with van der Waals surface area (Å²) in [5.74, 6) is 0. The topological polar surface area (TPSA) is 37.8 Å². The largest absolute Gasteiger partial charge is 0.302 e. The van der Waals surface area contributed by atoms with Crippen molar-refractivity contribution < 1.29 is 0 Å². The first-order chi connectivity index (χ1) is 9.08. The Balaban J connectivity index is 2.08. The standard InChI is InChI=1S/C15H18ClN3/c1-10(13-4-6-14(16)7-5-13)19-12(3)15-11(2)17-8-9-18-15/h4-10,12,19H,1-3H3/t10-,12?/m1/s1. The normalized spacial score (nSPS) is 14.1. The maximum absolute atomic E-state index is 5.90. The summed E-state index contributed by atoms with van der Waals surface area (Å²) in [5, 5.41) is 4.29. The van der Waals surface area contributed by atoms with Gasteiger partial charge in [0.05, 0.1) is 11.4 Å². The molecule has 3 nitrogen and oxygen atoms in total. The fraction of sp³-hybridized carbons (Fsp3) is 0.333. The van der Waals surface area contributed by atoms with E-state index in [1.165, 1.54) is 5.56 Å². The molecule has 0 aliphatic heterocycles. The lowest BCUT2D eigenvalue weighted by atomic mass is 10.1. The zero-order valence-corrected chi connectivity index (χ0v) is 12.1. The molecule has 1 aromatic carbocycles. The average molecular weight is 276 g/mol. The third-order valence-electron chi connectivity index (χ3n) is 3.20. The molecule has 0 spiro atoms. The van der Waals surface area contributed by atoms with Gasteiger partial charge in [-0.15, -0.1) is 0 Å². The van der Waals surface area contributed by atoms with Crippen LogP contribution < -0.4 is 5.32 Å². The van der Waals surface area contributed by atoms with E-state index in [9.17, 15) is 0 Å². The number of nitrogens with one attached hydrogen (secondary N) is 1. The van der Waals surface area contributed by atoms with Crippen molar-refractivity contribution in [3.63, 3.8) is 0 Å². The quantitative estimate of drug-likeness (QED) is 0.921. The van der Waals surface area contributed by atoms with Gasteiger partial charge in [-0.3, -0.25) is 9.97 Å². The van der Waals surface area contributed by atoms with Crippen LogP contribution in [0.2, 0.25) is 5.02 Å². The molecule has 2 rings (SSSR count). The summed E-state index contributed by atoms with van der Waals surface area (Å²) in [5.41, 5.74) is 3.16. The molecule has 0 aliphatic rings. The zero-order chi connectivity index (χ0) is 13.8. The number of hydrogen-bond acceptors (Lipinski definition) is 3. The first-order valence-corrected chi connectivity index (χ1v) is 6.74. The molecule has 19 heavy (non-hydrogen) atoms. The van der Waals surface area contributed by atoms with Gasteiger partial charge in [0, 0.05) is 29.5 Å². The van der Waals surface area contributed by atoms with Crippen molar-refractivity contribution in [1.29, 1.82) is 0 Å². The SMILES string of the molecule is Cc1nccnc1C(C)N[C@H](C)c1ccc(Cl)cc1. The highest BCUT2D eigenvalue weighted by Crippen LogP contribution is 2.20. The molecule has 0 fully saturated rings. The Morgan fingerprint density at radius 2 is 1.63 bits per heavy atom. The van der Waals surface area contributed by atoms with Gasteiger partial charge in [0.1, 0.15) is 0 Å². The van der Waals surface area contributed by atoms with Gasteiger partial charge in [0.25, 0.3) is 0 Å². The van der Waals surface area contributed by atoms with Gasteiger partial charge in [-0.25, -0.2) is 0 Å². The maximum Gasteiger partial charge on any atom is 0.0782 e. The summed E-state index contributed by atoms with van der Waals surface area (Å²) in [4.78, 5) is 8.66. The van der Waals surface area contributed by atoms with E-state index in [0.717, 1.165) is 16.4 Å². The zero-order valence-electron chi connectivity index (χ0n) is 11.4. The van der Waals surface area contributed by atoms with E-state index in [1.807, 2.05) is 31.2 Å². The predicted octanol–water partition coefficient (Wildman–Crippen LogP) is 3.85. The molecule has 1 heterocycles. The highest BCUT2D eigenvalue weighted by atomic mass is 35.5. The molecule has 0 bridgehead atoms. The van der Waals surface area contributed by atoms with Gasteiger partial charge >= 0.3 is 0 Å². The highest BCUT2D eigenvalue weighted by Gasteiger charge is 2.14. The van der Waals surface area contributed by atoms with E-state index in [0.29, 0.717) is 0 Å². The van der Waals surface area contributed by atoms with Crippen LogP contribution in [0.5, 0.6) is 0 Å². The number of aryl methyl sites for hydroxylation is 1. The van der Waals surface area contributed by atoms with Crippen LogP contribution in [0, 0.1) is 6.92 Å². The fourth-order valence-corrected chi connectivity index (χ4v) is 2.27. The van der Waals surface area contributed by atoms with Crippen LogP contribution in [-0.4, -0.2) is 9.97 Å². The number of rotatable bonds is 4. The summed E-state index contributed by atoms with van der Waals surface area (Å²) >= 11 is 5.90. The number of halogens is 1. The van der Waals surface area contributed by atoms with E-state index in [4.69, 9.17) is 11.6 Å². The lowest BCUT2D eigenvalue weighted by molar-refractivity contribution is 0.483.